The summed E-state index contributed by atoms with van der Waals surface area (Å²) in [5.41, 5.74) is 15.8. The number of amides is 5. The molecule has 0 fully saturated rings. The number of thioether (sulfide) groups is 1. The first-order valence-corrected chi connectivity index (χ1v) is 14.4. The lowest BCUT2D eigenvalue weighted by Gasteiger charge is -2.24. The fraction of sp³-hybridized carbons (Fsp3) is 0.708. The van der Waals surface area contributed by atoms with Crippen LogP contribution >= 0.6 is 11.8 Å². The first-order chi connectivity index (χ1) is 18.8. The predicted molar refractivity (Wildman–Crippen MR) is 154 cm³/mol. The Hall–Kier alpha value is -3.40. The molecule has 0 heterocycles. The van der Waals surface area contributed by atoms with E-state index >= 15 is 0 Å². The number of aliphatic imine (C=N–C) groups is 1. The number of hydrogen-bond acceptors (Lipinski definition) is 9. The highest BCUT2D eigenvalue weighted by Gasteiger charge is 2.27. The summed E-state index contributed by atoms with van der Waals surface area (Å²) in [5.74, 6) is -2.29. The normalized spacial score (nSPS) is 13.7. The third kappa shape index (κ3) is 16.5. The van der Waals surface area contributed by atoms with E-state index in [0.717, 1.165) is 0 Å². The molecule has 0 aromatic rings. The van der Waals surface area contributed by atoms with E-state index in [4.69, 9.17) is 17.2 Å². The number of aldehydes is 1. The zero-order chi connectivity index (χ0) is 30.7. The zero-order valence-electron chi connectivity index (χ0n) is 23.7. The Morgan fingerprint density at radius 1 is 0.875 bits per heavy atom. The van der Waals surface area contributed by atoms with Crippen molar-refractivity contribution in [1.82, 2.24) is 26.6 Å². The Kier molecular flexibility index (Phi) is 18.8. The molecule has 11 N–H and O–H groups in total. The standard InChI is InChI=1S/C24H45N9O6S/c1-14(2)10-18(23(39)31-16(13-34)6-5-8-28-24(26)27)33-21(37)15(3)30-20(36)12-29-22(38)17(7-9-40-4)32-19(35)11-25/h13-18H,5-12,25H2,1-4H3,(H,29,38)(H,30,36)(H,31,39)(H,32,35)(H,33,37)(H4,26,27,28)/t15-,16-,17-,18-/m0/s1. The third-order valence-corrected chi connectivity index (χ3v) is 6.09. The molecule has 40 heavy (non-hydrogen) atoms. The van der Waals surface area contributed by atoms with Gasteiger partial charge in [-0.15, -0.1) is 0 Å². The van der Waals surface area contributed by atoms with Crippen molar-refractivity contribution < 1.29 is 28.8 Å². The molecule has 0 aliphatic rings. The van der Waals surface area contributed by atoms with Gasteiger partial charge in [0.15, 0.2) is 5.96 Å². The van der Waals surface area contributed by atoms with Crippen LogP contribution in [0.4, 0.5) is 0 Å². The van der Waals surface area contributed by atoms with Crippen molar-refractivity contribution in [3.8, 4) is 0 Å². The first kappa shape index (κ1) is 36.6. The zero-order valence-corrected chi connectivity index (χ0v) is 24.5. The van der Waals surface area contributed by atoms with Gasteiger partial charge in [0.1, 0.15) is 24.4 Å². The molecule has 0 saturated heterocycles. The molecular formula is C24H45N9O6S. The maximum atomic E-state index is 12.9. The van der Waals surface area contributed by atoms with Crippen LogP contribution < -0.4 is 43.8 Å². The number of rotatable bonds is 20. The highest BCUT2D eigenvalue weighted by atomic mass is 32.2. The van der Waals surface area contributed by atoms with Gasteiger partial charge in [0.05, 0.1) is 19.1 Å². The lowest BCUT2D eigenvalue weighted by molar-refractivity contribution is -0.133. The molecule has 15 nitrogen and oxygen atoms in total. The molecule has 228 valence electrons. The molecule has 0 rings (SSSR count). The number of hydrogen-bond donors (Lipinski definition) is 8. The minimum absolute atomic E-state index is 0.0338. The Labute approximate surface area is 239 Å². The largest absolute Gasteiger partial charge is 0.370 e. The molecule has 16 heteroatoms. The summed E-state index contributed by atoms with van der Waals surface area (Å²) in [6.07, 6.45) is 3.86. The molecule has 0 aliphatic heterocycles. The minimum Gasteiger partial charge on any atom is -0.370 e. The fourth-order valence-electron chi connectivity index (χ4n) is 3.38. The summed E-state index contributed by atoms with van der Waals surface area (Å²) in [6, 6.07) is -3.62. The summed E-state index contributed by atoms with van der Waals surface area (Å²) >= 11 is 1.49. The van der Waals surface area contributed by atoms with Crippen LogP contribution in [0.15, 0.2) is 4.99 Å². The van der Waals surface area contributed by atoms with E-state index in [0.29, 0.717) is 44.3 Å². The van der Waals surface area contributed by atoms with Crippen molar-refractivity contribution in [2.24, 2.45) is 28.1 Å². The van der Waals surface area contributed by atoms with E-state index < -0.39 is 60.2 Å². The van der Waals surface area contributed by atoms with Gasteiger partial charge in [0.2, 0.25) is 29.5 Å². The topological polar surface area (TPSA) is 253 Å². The van der Waals surface area contributed by atoms with Crippen LogP contribution in [-0.2, 0) is 28.8 Å². The van der Waals surface area contributed by atoms with Gasteiger partial charge < -0.3 is 48.6 Å². The highest BCUT2D eigenvalue weighted by Crippen LogP contribution is 2.07. The number of carbonyl (C=O) groups is 6. The fourth-order valence-corrected chi connectivity index (χ4v) is 3.85. The average molecular weight is 588 g/mol. The quantitative estimate of drug-likeness (QED) is 0.0311. The van der Waals surface area contributed by atoms with Gasteiger partial charge in [-0.05, 0) is 50.5 Å². The van der Waals surface area contributed by atoms with Crippen LogP contribution in [-0.4, -0.2) is 97.6 Å². The van der Waals surface area contributed by atoms with Gasteiger partial charge in [-0.1, -0.05) is 13.8 Å². The lowest BCUT2D eigenvalue weighted by Crippen LogP contribution is -2.55. The highest BCUT2D eigenvalue weighted by molar-refractivity contribution is 7.98. The van der Waals surface area contributed by atoms with E-state index in [-0.39, 0.29) is 18.4 Å². The second kappa shape index (κ2) is 20.5. The molecule has 0 radical (unpaired) electrons. The Balaban J connectivity index is 4.99. The Morgan fingerprint density at radius 3 is 2.10 bits per heavy atom. The lowest BCUT2D eigenvalue weighted by atomic mass is 10.0. The number of nitrogens with two attached hydrogens (primary N) is 3. The second-order valence-electron chi connectivity index (χ2n) is 9.50. The van der Waals surface area contributed by atoms with Gasteiger partial charge in [0, 0.05) is 6.54 Å². The van der Waals surface area contributed by atoms with Crippen molar-refractivity contribution in [1.29, 1.82) is 0 Å². The van der Waals surface area contributed by atoms with E-state index in [1.54, 1.807) is 0 Å². The third-order valence-electron chi connectivity index (χ3n) is 5.44. The number of carbonyl (C=O) groups excluding carboxylic acids is 6. The number of nitrogens with one attached hydrogen (secondary N) is 5. The summed E-state index contributed by atoms with van der Waals surface area (Å²) in [5, 5.41) is 12.6. The van der Waals surface area contributed by atoms with Gasteiger partial charge in [-0.2, -0.15) is 11.8 Å². The maximum Gasteiger partial charge on any atom is 0.243 e. The van der Waals surface area contributed by atoms with Gasteiger partial charge in [0.25, 0.3) is 0 Å². The molecule has 5 amide bonds. The minimum atomic E-state index is -1.03. The summed E-state index contributed by atoms with van der Waals surface area (Å²) in [7, 11) is 0. The van der Waals surface area contributed by atoms with Crippen molar-refractivity contribution in [2.45, 2.75) is 70.6 Å². The van der Waals surface area contributed by atoms with Crippen LogP contribution in [0.5, 0.6) is 0 Å². The van der Waals surface area contributed by atoms with E-state index in [1.807, 2.05) is 20.1 Å². The van der Waals surface area contributed by atoms with Crippen molar-refractivity contribution >= 4 is 53.5 Å². The molecule has 0 unspecified atom stereocenters. The van der Waals surface area contributed by atoms with Gasteiger partial charge in [-0.25, -0.2) is 0 Å². The molecule has 0 saturated carbocycles. The first-order valence-electron chi connectivity index (χ1n) is 13.0. The van der Waals surface area contributed by atoms with Crippen LogP contribution in [0.2, 0.25) is 0 Å². The van der Waals surface area contributed by atoms with Crippen LogP contribution in [0.1, 0.15) is 46.5 Å². The average Bonchev–Trinajstić information content (AvgIpc) is 2.89. The van der Waals surface area contributed by atoms with Crippen molar-refractivity contribution in [2.75, 3.05) is 31.6 Å². The van der Waals surface area contributed by atoms with E-state index in [9.17, 15) is 28.8 Å². The summed E-state index contributed by atoms with van der Waals surface area (Å²) < 4.78 is 0. The molecular weight excluding hydrogens is 542 g/mol. The SMILES string of the molecule is CSCC[C@H](NC(=O)CN)C(=O)NCC(=O)N[C@@H](C)C(=O)N[C@@H](CC(C)C)C(=O)N[C@H](C=O)CCCN=C(N)N. The van der Waals surface area contributed by atoms with Crippen LogP contribution in [0.25, 0.3) is 0 Å². The Bertz CT molecular complexity index is 883. The van der Waals surface area contributed by atoms with Crippen LogP contribution in [0, 0.1) is 5.92 Å². The molecule has 0 spiro atoms. The molecule has 0 aliphatic carbocycles. The van der Waals surface area contributed by atoms with Gasteiger partial charge in [-0.3, -0.25) is 29.0 Å². The van der Waals surface area contributed by atoms with E-state index in [2.05, 4.69) is 31.6 Å². The van der Waals surface area contributed by atoms with Crippen molar-refractivity contribution in [3.63, 3.8) is 0 Å². The van der Waals surface area contributed by atoms with Gasteiger partial charge >= 0.3 is 0 Å². The number of guanidine groups is 1. The summed E-state index contributed by atoms with van der Waals surface area (Å²) in [6.45, 7) is 4.76. The molecule has 0 aromatic heterocycles. The molecule has 4 atom stereocenters. The second-order valence-corrected chi connectivity index (χ2v) is 10.5. The predicted octanol–water partition coefficient (Wildman–Crippen LogP) is -2.93. The maximum absolute atomic E-state index is 12.9. The monoisotopic (exact) mass is 587 g/mol. The molecule has 0 aromatic carbocycles. The number of nitrogens with zero attached hydrogens (tertiary/aromatic N) is 1. The Morgan fingerprint density at radius 2 is 1.55 bits per heavy atom. The van der Waals surface area contributed by atoms with Crippen LogP contribution in [0.3, 0.4) is 0 Å². The van der Waals surface area contributed by atoms with Crippen molar-refractivity contribution in [3.05, 3.63) is 0 Å². The molecule has 0 bridgehead atoms. The smallest absolute Gasteiger partial charge is 0.243 e. The summed E-state index contributed by atoms with van der Waals surface area (Å²) in [4.78, 5) is 77.3. The van der Waals surface area contributed by atoms with E-state index in [1.165, 1.54) is 18.7 Å².